The Hall–Kier alpha value is -0.650. The van der Waals surface area contributed by atoms with E-state index in [2.05, 4.69) is 34.7 Å². The molecule has 5 heteroatoms. The van der Waals surface area contributed by atoms with Crippen LogP contribution in [0.2, 0.25) is 0 Å². The molecule has 0 radical (unpaired) electrons. The van der Waals surface area contributed by atoms with E-state index in [4.69, 9.17) is 4.98 Å². The molecule has 1 aromatic heterocycles. The Balaban J connectivity index is 1.52. The van der Waals surface area contributed by atoms with Gasteiger partial charge in [0.2, 0.25) is 0 Å². The van der Waals surface area contributed by atoms with Crippen LogP contribution in [0.15, 0.2) is 17.4 Å². The molecule has 3 rings (SSSR count). The highest BCUT2D eigenvalue weighted by Crippen LogP contribution is 2.27. The van der Waals surface area contributed by atoms with Crippen LogP contribution in [0.4, 0.5) is 0 Å². The highest BCUT2D eigenvalue weighted by molar-refractivity contribution is 7.99. The minimum absolute atomic E-state index is 0.582. The van der Waals surface area contributed by atoms with Crippen molar-refractivity contribution in [1.29, 1.82) is 0 Å². The topological polar surface area (TPSA) is 32.3 Å². The van der Waals surface area contributed by atoms with Crippen molar-refractivity contribution in [1.82, 2.24) is 19.8 Å². The highest BCUT2D eigenvalue weighted by Gasteiger charge is 2.23. The summed E-state index contributed by atoms with van der Waals surface area (Å²) >= 11 is 1.82. The van der Waals surface area contributed by atoms with Crippen LogP contribution in [0, 0.1) is 5.92 Å². The maximum Gasteiger partial charge on any atom is 0.187 e. The van der Waals surface area contributed by atoms with Crippen molar-refractivity contribution in [3.05, 3.63) is 18.0 Å². The summed E-state index contributed by atoms with van der Waals surface area (Å²) in [7, 11) is 0. The SMILES string of the molecule is CC(C)CN1CCCC(c2ccnc(SCCN3CCCC3)n2)C1. The lowest BCUT2D eigenvalue weighted by molar-refractivity contribution is 0.186. The molecule has 4 nitrogen and oxygen atoms in total. The number of nitrogens with zero attached hydrogens (tertiary/aromatic N) is 4. The molecule has 2 saturated heterocycles. The number of rotatable bonds is 7. The summed E-state index contributed by atoms with van der Waals surface area (Å²) in [6.45, 7) is 11.9. The first kappa shape index (κ1) is 18.2. The maximum absolute atomic E-state index is 4.88. The molecule has 0 N–H and O–H groups in total. The van der Waals surface area contributed by atoms with Gasteiger partial charge in [-0.25, -0.2) is 9.97 Å². The third-order valence-corrected chi connectivity index (χ3v) is 5.88. The van der Waals surface area contributed by atoms with Gasteiger partial charge in [-0.1, -0.05) is 25.6 Å². The van der Waals surface area contributed by atoms with Crippen molar-refractivity contribution in [3.8, 4) is 0 Å². The van der Waals surface area contributed by atoms with Crippen molar-refractivity contribution in [2.75, 3.05) is 45.0 Å². The Kier molecular flexibility index (Phi) is 6.93. The molecular weight excluding hydrogens is 316 g/mol. The van der Waals surface area contributed by atoms with Gasteiger partial charge in [0, 0.05) is 43.2 Å². The van der Waals surface area contributed by atoms with Gasteiger partial charge in [0.15, 0.2) is 5.16 Å². The van der Waals surface area contributed by atoms with Crippen LogP contribution in [0.25, 0.3) is 0 Å². The van der Waals surface area contributed by atoms with E-state index in [-0.39, 0.29) is 0 Å². The summed E-state index contributed by atoms with van der Waals surface area (Å²) < 4.78 is 0. The summed E-state index contributed by atoms with van der Waals surface area (Å²) in [5.74, 6) is 2.43. The first-order chi connectivity index (χ1) is 11.7. The molecule has 0 aromatic carbocycles. The number of thioether (sulfide) groups is 1. The summed E-state index contributed by atoms with van der Waals surface area (Å²) in [5.41, 5.74) is 1.25. The molecular formula is C19H32N4S. The van der Waals surface area contributed by atoms with Gasteiger partial charge in [-0.3, -0.25) is 0 Å². The molecule has 0 aliphatic carbocycles. The molecule has 1 unspecified atom stereocenters. The third kappa shape index (κ3) is 5.43. The Morgan fingerprint density at radius 1 is 1.17 bits per heavy atom. The Bertz CT molecular complexity index is 502. The highest BCUT2D eigenvalue weighted by atomic mass is 32.2. The Morgan fingerprint density at radius 3 is 2.75 bits per heavy atom. The van der Waals surface area contributed by atoms with Crippen LogP contribution >= 0.6 is 11.8 Å². The Morgan fingerprint density at radius 2 is 1.96 bits per heavy atom. The van der Waals surface area contributed by atoms with Crippen LogP contribution in [-0.4, -0.2) is 64.8 Å². The number of hydrogen-bond donors (Lipinski definition) is 0. The first-order valence-corrected chi connectivity index (χ1v) is 10.6. The molecule has 0 bridgehead atoms. The van der Waals surface area contributed by atoms with Crippen LogP contribution < -0.4 is 0 Å². The summed E-state index contributed by atoms with van der Waals surface area (Å²) in [4.78, 5) is 14.5. The fraction of sp³-hybridized carbons (Fsp3) is 0.789. The third-order valence-electron chi connectivity index (χ3n) is 5.04. The number of likely N-dealkylation sites (tertiary alicyclic amines) is 2. The quantitative estimate of drug-likeness (QED) is 0.556. The molecule has 2 aliphatic heterocycles. The molecule has 0 saturated carbocycles. The zero-order valence-corrected chi connectivity index (χ0v) is 16.1. The minimum atomic E-state index is 0.582. The molecule has 3 heterocycles. The van der Waals surface area contributed by atoms with E-state index < -0.39 is 0 Å². The van der Waals surface area contributed by atoms with Gasteiger partial charge in [0.25, 0.3) is 0 Å². The standard InChI is InChI=1S/C19H32N4S/c1-16(2)14-23-11-5-6-17(15-23)18-7-8-20-19(21-18)24-13-12-22-9-3-4-10-22/h7-8,16-17H,3-6,9-15H2,1-2H3. The molecule has 24 heavy (non-hydrogen) atoms. The van der Waals surface area contributed by atoms with Gasteiger partial charge in [-0.05, 0) is 57.3 Å². The lowest BCUT2D eigenvalue weighted by Gasteiger charge is -2.33. The molecule has 0 spiro atoms. The first-order valence-electron chi connectivity index (χ1n) is 9.61. The van der Waals surface area contributed by atoms with E-state index in [1.807, 2.05) is 18.0 Å². The summed E-state index contributed by atoms with van der Waals surface area (Å²) in [6, 6.07) is 2.13. The van der Waals surface area contributed by atoms with Gasteiger partial charge >= 0.3 is 0 Å². The number of hydrogen-bond acceptors (Lipinski definition) is 5. The average molecular weight is 349 g/mol. The van der Waals surface area contributed by atoms with Crippen molar-refractivity contribution >= 4 is 11.8 Å². The second kappa shape index (κ2) is 9.16. The molecule has 1 atom stereocenters. The van der Waals surface area contributed by atoms with Crippen LogP contribution in [-0.2, 0) is 0 Å². The monoisotopic (exact) mass is 348 g/mol. The fourth-order valence-electron chi connectivity index (χ4n) is 3.90. The molecule has 2 fully saturated rings. The Labute approximate surface area is 151 Å². The van der Waals surface area contributed by atoms with Gasteiger partial charge in [-0.2, -0.15) is 0 Å². The summed E-state index contributed by atoms with van der Waals surface area (Å²) in [5, 5.41) is 0.965. The second-order valence-electron chi connectivity index (χ2n) is 7.65. The van der Waals surface area contributed by atoms with Crippen LogP contribution in [0.5, 0.6) is 0 Å². The van der Waals surface area contributed by atoms with E-state index in [0.29, 0.717) is 5.92 Å². The van der Waals surface area contributed by atoms with Gasteiger partial charge < -0.3 is 9.80 Å². The minimum Gasteiger partial charge on any atom is -0.303 e. The van der Waals surface area contributed by atoms with Gasteiger partial charge in [0.1, 0.15) is 0 Å². The normalized spacial score (nSPS) is 23.2. The zero-order valence-electron chi connectivity index (χ0n) is 15.3. The van der Waals surface area contributed by atoms with E-state index >= 15 is 0 Å². The van der Waals surface area contributed by atoms with E-state index in [0.717, 1.165) is 23.4 Å². The molecule has 134 valence electrons. The largest absolute Gasteiger partial charge is 0.303 e. The van der Waals surface area contributed by atoms with Crippen molar-refractivity contribution in [3.63, 3.8) is 0 Å². The van der Waals surface area contributed by atoms with E-state index in [1.54, 1.807) is 0 Å². The number of aromatic nitrogens is 2. The van der Waals surface area contributed by atoms with Crippen molar-refractivity contribution in [2.45, 2.75) is 50.6 Å². The maximum atomic E-state index is 4.88. The van der Waals surface area contributed by atoms with E-state index in [1.165, 1.54) is 64.1 Å². The average Bonchev–Trinajstić information content (AvgIpc) is 3.08. The summed E-state index contributed by atoms with van der Waals surface area (Å²) in [6.07, 6.45) is 7.25. The number of piperidine rings is 1. The predicted octanol–water partition coefficient (Wildman–Crippen LogP) is 3.50. The molecule has 1 aromatic rings. The van der Waals surface area contributed by atoms with Gasteiger partial charge in [0.05, 0.1) is 0 Å². The fourth-order valence-corrected chi connectivity index (χ4v) is 4.74. The van der Waals surface area contributed by atoms with E-state index in [9.17, 15) is 0 Å². The van der Waals surface area contributed by atoms with Gasteiger partial charge in [-0.15, -0.1) is 0 Å². The zero-order chi connectivity index (χ0) is 16.8. The van der Waals surface area contributed by atoms with Crippen LogP contribution in [0.3, 0.4) is 0 Å². The lowest BCUT2D eigenvalue weighted by Crippen LogP contribution is -2.37. The molecule has 2 aliphatic rings. The van der Waals surface area contributed by atoms with Crippen molar-refractivity contribution in [2.24, 2.45) is 5.92 Å². The molecule has 0 amide bonds. The second-order valence-corrected chi connectivity index (χ2v) is 8.72. The predicted molar refractivity (Wildman–Crippen MR) is 102 cm³/mol. The van der Waals surface area contributed by atoms with Crippen LogP contribution in [0.1, 0.15) is 51.1 Å². The van der Waals surface area contributed by atoms with Crippen molar-refractivity contribution < 1.29 is 0 Å². The lowest BCUT2D eigenvalue weighted by atomic mass is 9.94. The smallest absolute Gasteiger partial charge is 0.187 e.